The number of carbonyl (C=O) groups excluding carboxylic acids is 2. The van der Waals surface area contributed by atoms with Crippen molar-refractivity contribution in [2.24, 2.45) is 0 Å². The summed E-state index contributed by atoms with van der Waals surface area (Å²) < 4.78 is 11.1. The number of para-hydroxylation sites is 2. The molecule has 6 nitrogen and oxygen atoms in total. The maximum absolute atomic E-state index is 12.6. The molecule has 0 N–H and O–H groups in total. The summed E-state index contributed by atoms with van der Waals surface area (Å²) in [7, 11) is 0. The molecule has 2 aromatic rings. The number of ether oxygens (including phenoxy) is 2. The molecule has 0 radical (unpaired) electrons. The minimum Gasteiger partial charge on any atom is -0.484 e. The van der Waals surface area contributed by atoms with Crippen molar-refractivity contribution in [3.05, 3.63) is 60.7 Å². The monoisotopic (exact) mass is 382 g/mol. The molecule has 2 atom stereocenters. The van der Waals surface area contributed by atoms with Crippen LogP contribution in [0.2, 0.25) is 0 Å². The Morgan fingerprint density at radius 2 is 1.11 bits per heavy atom. The van der Waals surface area contributed by atoms with Crippen LogP contribution in [0, 0.1) is 0 Å². The molecule has 1 saturated heterocycles. The molecule has 6 heteroatoms. The lowest BCUT2D eigenvalue weighted by molar-refractivity contribution is -0.148. The van der Waals surface area contributed by atoms with Gasteiger partial charge in [0.1, 0.15) is 11.5 Å². The summed E-state index contributed by atoms with van der Waals surface area (Å²) in [5.41, 5.74) is 0. The number of rotatable bonds is 6. The lowest BCUT2D eigenvalue weighted by Gasteiger charge is -2.44. The molecule has 0 aromatic heterocycles. The van der Waals surface area contributed by atoms with Gasteiger partial charge in [-0.1, -0.05) is 36.4 Å². The van der Waals surface area contributed by atoms with E-state index in [0.29, 0.717) is 24.6 Å². The quantitative estimate of drug-likeness (QED) is 0.771. The Balaban J connectivity index is 1.51. The van der Waals surface area contributed by atoms with Gasteiger partial charge >= 0.3 is 0 Å². The number of carbonyl (C=O) groups is 2. The van der Waals surface area contributed by atoms with Crippen LogP contribution in [0.1, 0.15) is 13.8 Å². The smallest absolute Gasteiger partial charge is 0.260 e. The molecule has 3 rings (SSSR count). The van der Waals surface area contributed by atoms with E-state index in [4.69, 9.17) is 9.47 Å². The van der Waals surface area contributed by atoms with E-state index in [2.05, 4.69) is 0 Å². The van der Waals surface area contributed by atoms with Crippen LogP contribution in [0.3, 0.4) is 0 Å². The summed E-state index contributed by atoms with van der Waals surface area (Å²) in [6, 6.07) is 18.4. The van der Waals surface area contributed by atoms with Gasteiger partial charge in [0.05, 0.1) is 0 Å². The van der Waals surface area contributed by atoms with E-state index in [0.717, 1.165) is 0 Å². The fraction of sp³-hybridized carbons (Fsp3) is 0.364. The van der Waals surface area contributed by atoms with Gasteiger partial charge in [0.25, 0.3) is 11.8 Å². The predicted octanol–water partition coefficient (Wildman–Crippen LogP) is 2.59. The van der Waals surface area contributed by atoms with Gasteiger partial charge in [0.15, 0.2) is 13.2 Å². The van der Waals surface area contributed by atoms with Crippen LogP contribution in [-0.2, 0) is 9.59 Å². The third-order valence-electron chi connectivity index (χ3n) is 4.84. The third kappa shape index (κ3) is 5.03. The predicted molar refractivity (Wildman–Crippen MR) is 106 cm³/mol. The summed E-state index contributed by atoms with van der Waals surface area (Å²) in [6.07, 6.45) is 0. The van der Waals surface area contributed by atoms with Crippen LogP contribution in [0.15, 0.2) is 60.7 Å². The Kier molecular flexibility index (Phi) is 6.53. The zero-order chi connectivity index (χ0) is 19.9. The summed E-state index contributed by atoms with van der Waals surface area (Å²) in [5.74, 6) is 1.19. The molecular formula is C22H26N2O4. The molecule has 1 heterocycles. The Labute approximate surface area is 165 Å². The van der Waals surface area contributed by atoms with E-state index in [1.54, 1.807) is 9.80 Å². The maximum atomic E-state index is 12.6. The zero-order valence-corrected chi connectivity index (χ0v) is 16.3. The molecule has 1 aliphatic rings. The Bertz CT molecular complexity index is 714. The van der Waals surface area contributed by atoms with Crippen LogP contribution >= 0.6 is 0 Å². The van der Waals surface area contributed by atoms with E-state index in [-0.39, 0.29) is 37.1 Å². The Morgan fingerprint density at radius 3 is 1.46 bits per heavy atom. The first kappa shape index (κ1) is 19.7. The van der Waals surface area contributed by atoms with Crippen LogP contribution in [0.4, 0.5) is 0 Å². The highest BCUT2D eigenvalue weighted by Gasteiger charge is 2.34. The number of hydrogen-bond acceptors (Lipinski definition) is 4. The van der Waals surface area contributed by atoms with E-state index in [9.17, 15) is 9.59 Å². The molecule has 0 saturated carbocycles. The zero-order valence-electron chi connectivity index (χ0n) is 16.3. The van der Waals surface area contributed by atoms with E-state index in [1.807, 2.05) is 74.5 Å². The molecule has 2 aromatic carbocycles. The molecule has 0 bridgehead atoms. The Morgan fingerprint density at radius 1 is 0.750 bits per heavy atom. The van der Waals surface area contributed by atoms with Crippen molar-refractivity contribution in [1.29, 1.82) is 0 Å². The molecule has 28 heavy (non-hydrogen) atoms. The molecule has 0 aliphatic carbocycles. The SMILES string of the molecule is C[C@H]1CN(C(=O)COc2ccccc2)[C@@H](C)CN1C(=O)COc1ccccc1. The van der Waals surface area contributed by atoms with Gasteiger partial charge in [-0.3, -0.25) is 9.59 Å². The first-order chi connectivity index (χ1) is 13.5. The Hall–Kier alpha value is -3.02. The first-order valence-electron chi connectivity index (χ1n) is 9.49. The topological polar surface area (TPSA) is 59.1 Å². The lowest BCUT2D eigenvalue weighted by Crippen LogP contribution is -2.60. The summed E-state index contributed by atoms with van der Waals surface area (Å²) in [4.78, 5) is 28.7. The highest BCUT2D eigenvalue weighted by molar-refractivity contribution is 5.80. The normalized spacial score (nSPS) is 19.2. The van der Waals surface area contributed by atoms with Gasteiger partial charge in [-0.05, 0) is 38.1 Å². The minimum absolute atomic E-state index is 0.00780. The van der Waals surface area contributed by atoms with Crippen LogP contribution < -0.4 is 9.47 Å². The molecular weight excluding hydrogens is 356 g/mol. The average molecular weight is 382 g/mol. The van der Waals surface area contributed by atoms with Crippen molar-refractivity contribution >= 4 is 11.8 Å². The van der Waals surface area contributed by atoms with Gasteiger partial charge < -0.3 is 19.3 Å². The summed E-state index contributed by atoms with van der Waals surface area (Å²) in [5, 5.41) is 0. The lowest BCUT2D eigenvalue weighted by atomic mass is 10.1. The van der Waals surface area contributed by atoms with Gasteiger partial charge in [-0.15, -0.1) is 0 Å². The second-order valence-electron chi connectivity index (χ2n) is 6.99. The number of amides is 2. The molecule has 0 unspecified atom stereocenters. The second-order valence-corrected chi connectivity index (χ2v) is 6.99. The first-order valence-corrected chi connectivity index (χ1v) is 9.49. The van der Waals surface area contributed by atoms with Crippen molar-refractivity contribution in [2.75, 3.05) is 26.3 Å². The van der Waals surface area contributed by atoms with Crippen LogP contribution in [-0.4, -0.2) is 60.0 Å². The number of hydrogen-bond donors (Lipinski definition) is 0. The minimum atomic E-state index is -0.0799. The standard InChI is InChI=1S/C22H26N2O4/c1-17-13-24(22(26)16-28-20-11-7-4-8-12-20)18(2)14-23(17)21(25)15-27-19-9-5-3-6-10-19/h3-12,17-18H,13-16H2,1-2H3/t17-,18-/m0/s1. The average Bonchev–Trinajstić information content (AvgIpc) is 2.73. The number of benzene rings is 2. The highest BCUT2D eigenvalue weighted by atomic mass is 16.5. The van der Waals surface area contributed by atoms with E-state index >= 15 is 0 Å². The number of nitrogens with zero attached hydrogens (tertiary/aromatic N) is 2. The third-order valence-corrected chi connectivity index (χ3v) is 4.84. The van der Waals surface area contributed by atoms with Crippen LogP contribution in [0.25, 0.3) is 0 Å². The fourth-order valence-corrected chi connectivity index (χ4v) is 3.31. The fourth-order valence-electron chi connectivity index (χ4n) is 3.31. The van der Waals surface area contributed by atoms with Gasteiger partial charge in [0, 0.05) is 25.2 Å². The van der Waals surface area contributed by atoms with Gasteiger partial charge in [-0.25, -0.2) is 0 Å². The molecule has 148 valence electrons. The largest absolute Gasteiger partial charge is 0.484 e. The van der Waals surface area contributed by atoms with Crippen LogP contribution in [0.5, 0.6) is 11.5 Å². The number of piperazine rings is 1. The van der Waals surface area contributed by atoms with Gasteiger partial charge in [0.2, 0.25) is 0 Å². The highest BCUT2D eigenvalue weighted by Crippen LogP contribution is 2.17. The molecule has 2 amide bonds. The van der Waals surface area contributed by atoms with Crippen molar-refractivity contribution in [1.82, 2.24) is 9.80 Å². The van der Waals surface area contributed by atoms with Crippen molar-refractivity contribution in [3.8, 4) is 11.5 Å². The van der Waals surface area contributed by atoms with Crippen molar-refractivity contribution in [3.63, 3.8) is 0 Å². The summed E-state index contributed by atoms with van der Waals surface area (Å²) >= 11 is 0. The molecule has 0 spiro atoms. The second kappa shape index (κ2) is 9.26. The van der Waals surface area contributed by atoms with Gasteiger partial charge in [-0.2, -0.15) is 0 Å². The maximum Gasteiger partial charge on any atom is 0.260 e. The molecule has 1 aliphatic heterocycles. The molecule has 1 fully saturated rings. The van der Waals surface area contributed by atoms with Crippen molar-refractivity contribution < 1.29 is 19.1 Å². The summed E-state index contributed by atoms with van der Waals surface area (Å²) in [6.45, 7) is 4.85. The van der Waals surface area contributed by atoms with Crippen molar-refractivity contribution in [2.45, 2.75) is 25.9 Å². The van der Waals surface area contributed by atoms with E-state index in [1.165, 1.54) is 0 Å². The van der Waals surface area contributed by atoms with E-state index < -0.39 is 0 Å².